The molecule has 0 radical (unpaired) electrons. The highest BCUT2D eigenvalue weighted by Gasteiger charge is 1.96. The Kier molecular flexibility index (Phi) is 4.08. The van der Waals surface area contributed by atoms with Crippen LogP contribution < -0.4 is 0 Å². The second-order valence-corrected chi connectivity index (χ2v) is 5.70. The molecule has 2 aromatic carbocycles. The summed E-state index contributed by atoms with van der Waals surface area (Å²) in [4.78, 5) is 1.34. The number of hydrogen-bond acceptors (Lipinski definition) is 1. The van der Waals surface area contributed by atoms with E-state index in [2.05, 4.69) is 71.4 Å². The predicted octanol–water partition coefficient (Wildman–Crippen LogP) is 5.05. The van der Waals surface area contributed by atoms with Gasteiger partial charge < -0.3 is 0 Å². The van der Waals surface area contributed by atoms with E-state index < -0.39 is 0 Å². The van der Waals surface area contributed by atoms with Gasteiger partial charge in [-0.3, -0.25) is 0 Å². The van der Waals surface area contributed by atoms with Crippen molar-refractivity contribution in [3.63, 3.8) is 0 Å². The Labute approximate surface area is 109 Å². The van der Waals surface area contributed by atoms with Crippen LogP contribution in [0.5, 0.6) is 0 Å². The highest BCUT2D eigenvalue weighted by atomic mass is 79.9. The van der Waals surface area contributed by atoms with Crippen LogP contribution in [0.25, 0.3) is 0 Å². The lowest BCUT2D eigenvalue weighted by molar-refractivity contribution is 1.34. The van der Waals surface area contributed by atoms with Crippen molar-refractivity contribution < 1.29 is 0 Å². The van der Waals surface area contributed by atoms with Crippen LogP contribution in [0.2, 0.25) is 0 Å². The quantitative estimate of drug-likeness (QED) is 0.714. The fourth-order valence-electron chi connectivity index (χ4n) is 1.45. The molecule has 0 fully saturated rings. The molecule has 16 heavy (non-hydrogen) atoms. The van der Waals surface area contributed by atoms with Gasteiger partial charge in [0.2, 0.25) is 0 Å². The molecule has 82 valence electrons. The van der Waals surface area contributed by atoms with E-state index in [1.165, 1.54) is 16.0 Å². The van der Waals surface area contributed by atoms with Crippen LogP contribution in [-0.4, -0.2) is 0 Å². The predicted molar refractivity (Wildman–Crippen MR) is 74.9 cm³/mol. The van der Waals surface area contributed by atoms with Gasteiger partial charge in [0.15, 0.2) is 0 Å². The van der Waals surface area contributed by atoms with E-state index >= 15 is 0 Å². The largest absolute Gasteiger partial charge is 0.121 e. The van der Waals surface area contributed by atoms with Crippen molar-refractivity contribution in [2.24, 2.45) is 0 Å². The second-order valence-electron chi connectivity index (χ2n) is 3.73. The fraction of sp³-hybridized carbons (Fsp3) is 0.143. The smallest absolute Gasteiger partial charge is 0.0232 e. The summed E-state index contributed by atoms with van der Waals surface area (Å²) in [6.45, 7) is 2.13. The molecule has 0 amide bonds. The molecule has 0 bridgehead atoms. The molecule has 0 heterocycles. The average molecular weight is 293 g/mol. The lowest BCUT2D eigenvalue weighted by atomic mass is 10.2. The molecule has 0 aliphatic carbocycles. The molecule has 0 unspecified atom stereocenters. The minimum absolute atomic E-state index is 1.02. The zero-order chi connectivity index (χ0) is 11.4. The third-order valence-corrected chi connectivity index (χ3v) is 3.90. The summed E-state index contributed by atoms with van der Waals surface area (Å²) >= 11 is 5.32. The molecule has 0 aliphatic heterocycles. The van der Waals surface area contributed by atoms with E-state index in [4.69, 9.17) is 0 Å². The summed E-state index contributed by atoms with van der Waals surface area (Å²) in [7, 11) is 0. The van der Waals surface area contributed by atoms with Gasteiger partial charge in [-0.2, -0.15) is 0 Å². The summed E-state index contributed by atoms with van der Waals surface area (Å²) < 4.78 is 1.14. The van der Waals surface area contributed by atoms with Gasteiger partial charge in [0, 0.05) is 15.1 Å². The summed E-state index contributed by atoms with van der Waals surface area (Å²) in [5, 5.41) is 0. The van der Waals surface area contributed by atoms with Gasteiger partial charge >= 0.3 is 0 Å². The zero-order valence-electron chi connectivity index (χ0n) is 9.11. The number of rotatable bonds is 3. The van der Waals surface area contributed by atoms with Crippen LogP contribution in [0.15, 0.2) is 57.9 Å². The molecule has 0 aliphatic rings. The third kappa shape index (κ3) is 3.39. The number of benzene rings is 2. The summed E-state index contributed by atoms with van der Waals surface area (Å²) in [5.41, 5.74) is 2.68. The number of hydrogen-bond donors (Lipinski definition) is 0. The monoisotopic (exact) mass is 292 g/mol. The summed E-state index contributed by atoms with van der Waals surface area (Å²) in [6.07, 6.45) is 0. The Morgan fingerprint density at radius 1 is 1.06 bits per heavy atom. The van der Waals surface area contributed by atoms with E-state index in [0.29, 0.717) is 0 Å². The number of thioether (sulfide) groups is 1. The van der Waals surface area contributed by atoms with Gasteiger partial charge in [0.05, 0.1) is 0 Å². The topological polar surface area (TPSA) is 0 Å². The van der Waals surface area contributed by atoms with E-state index in [1.807, 2.05) is 11.8 Å². The maximum Gasteiger partial charge on any atom is 0.0232 e. The molecule has 2 aromatic rings. The maximum atomic E-state index is 3.44. The van der Waals surface area contributed by atoms with E-state index in [9.17, 15) is 0 Å². The van der Waals surface area contributed by atoms with Crippen LogP contribution in [0, 0.1) is 6.92 Å². The first-order valence-corrected chi connectivity index (χ1v) is 6.96. The van der Waals surface area contributed by atoms with Crippen LogP contribution in [0.3, 0.4) is 0 Å². The van der Waals surface area contributed by atoms with Crippen molar-refractivity contribution in [2.45, 2.75) is 17.6 Å². The second kappa shape index (κ2) is 5.55. The molecule has 0 nitrogen and oxygen atoms in total. The molecule has 2 heteroatoms. The van der Waals surface area contributed by atoms with Gasteiger partial charge in [-0.25, -0.2) is 0 Å². The van der Waals surface area contributed by atoms with E-state index in [1.54, 1.807) is 0 Å². The average Bonchev–Trinajstić information content (AvgIpc) is 2.28. The Bertz CT molecular complexity index is 462. The van der Waals surface area contributed by atoms with Crippen LogP contribution in [0.1, 0.15) is 11.1 Å². The van der Waals surface area contributed by atoms with Crippen molar-refractivity contribution in [2.75, 3.05) is 0 Å². The van der Waals surface area contributed by atoms with Crippen LogP contribution in [0.4, 0.5) is 0 Å². The first-order chi connectivity index (χ1) is 7.74. The number of aryl methyl sites for hydroxylation is 1. The first kappa shape index (κ1) is 11.7. The fourth-order valence-corrected chi connectivity index (χ4v) is 2.69. The summed E-state index contributed by atoms with van der Waals surface area (Å²) in [5.74, 6) is 1.02. The first-order valence-electron chi connectivity index (χ1n) is 5.18. The maximum absolute atomic E-state index is 3.44. The van der Waals surface area contributed by atoms with Crippen molar-refractivity contribution in [1.82, 2.24) is 0 Å². The lowest BCUT2D eigenvalue weighted by Crippen LogP contribution is -1.80. The lowest BCUT2D eigenvalue weighted by Gasteiger charge is -2.03. The Morgan fingerprint density at radius 3 is 2.50 bits per heavy atom. The van der Waals surface area contributed by atoms with Crippen LogP contribution >= 0.6 is 27.7 Å². The minimum atomic E-state index is 1.02. The molecular weight excluding hydrogens is 280 g/mol. The Morgan fingerprint density at radius 2 is 1.81 bits per heavy atom. The van der Waals surface area contributed by atoms with Crippen LogP contribution in [-0.2, 0) is 5.75 Å². The SMILES string of the molecule is Cc1cccc(SCc2ccc(Br)cc2)c1. The van der Waals surface area contributed by atoms with Gasteiger partial charge in [-0.05, 0) is 36.8 Å². The highest BCUT2D eigenvalue weighted by Crippen LogP contribution is 2.24. The van der Waals surface area contributed by atoms with Crippen molar-refractivity contribution in [1.29, 1.82) is 0 Å². The van der Waals surface area contributed by atoms with E-state index in [-0.39, 0.29) is 0 Å². The van der Waals surface area contributed by atoms with Crippen molar-refractivity contribution >= 4 is 27.7 Å². The standard InChI is InChI=1S/C14H13BrS/c1-11-3-2-4-14(9-11)16-10-12-5-7-13(15)8-6-12/h2-9H,10H2,1H3. The molecule has 0 aromatic heterocycles. The summed E-state index contributed by atoms with van der Waals surface area (Å²) in [6, 6.07) is 17.1. The molecule has 0 N–H and O–H groups in total. The normalized spacial score (nSPS) is 10.4. The highest BCUT2D eigenvalue weighted by molar-refractivity contribution is 9.10. The molecule has 0 spiro atoms. The molecule has 0 saturated carbocycles. The molecule has 0 saturated heterocycles. The van der Waals surface area contributed by atoms with Gasteiger partial charge in [-0.1, -0.05) is 45.8 Å². The Hall–Kier alpha value is -0.730. The van der Waals surface area contributed by atoms with E-state index in [0.717, 1.165) is 10.2 Å². The molecular formula is C14H13BrS. The van der Waals surface area contributed by atoms with Gasteiger partial charge in [-0.15, -0.1) is 11.8 Å². The van der Waals surface area contributed by atoms with Gasteiger partial charge in [0.1, 0.15) is 0 Å². The zero-order valence-corrected chi connectivity index (χ0v) is 11.5. The molecule has 0 atom stereocenters. The van der Waals surface area contributed by atoms with Gasteiger partial charge in [0.25, 0.3) is 0 Å². The Balaban J connectivity index is 1.99. The van der Waals surface area contributed by atoms with Crippen molar-refractivity contribution in [3.05, 3.63) is 64.1 Å². The minimum Gasteiger partial charge on any atom is -0.121 e. The third-order valence-electron chi connectivity index (χ3n) is 2.31. The molecule has 2 rings (SSSR count). The number of halogens is 1. The van der Waals surface area contributed by atoms with Crippen molar-refractivity contribution in [3.8, 4) is 0 Å².